The number of rotatable bonds is 21. The lowest BCUT2D eigenvalue weighted by atomic mass is 10.0. The van der Waals surface area contributed by atoms with Gasteiger partial charge in [-0.3, -0.25) is 0 Å². The Kier molecular flexibility index (Phi) is 21.0. The molecule has 0 saturated heterocycles. The Morgan fingerprint density at radius 2 is 0.903 bits per heavy atom. The molecule has 1 aromatic rings. The van der Waals surface area contributed by atoms with Gasteiger partial charge in [-0.15, -0.1) is 0 Å². The average molecular weight is 452 g/mol. The van der Waals surface area contributed by atoms with Gasteiger partial charge in [0.15, 0.2) is 0 Å². The highest BCUT2D eigenvalue weighted by Gasteiger charge is 2.22. The van der Waals surface area contributed by atoms with Crippen molar-refractivity contribution < 1.29 is 16.9 Å². The Labute approximate surface area is 202 Å². The molecule has 182 valence electrons. The lowest BCUT2D eigenvalue weighted by Crippen LogP contribution is -3.00. The maximum atomic E-state index is 2.37. The van der Waals surface area contributed by atoms with Crippen LogP contribution in [0.3, 0.4) is 0 Å². The lowest BCUT2D eigenvalue weighted by molar-refractivity contribution is -0.938. The van der Waals surface area contributed by atoms with Gasteiger partial charge in [-0.05, 0) is 26.7 Å². The minimum Gasteiger partial charge on any atom is -1.00 e. The Hall–Kier alpha value is -0.530. The van der Waals surface area contributed by atoms with Gasteiger partial charge in [0.05, 0.1) is 19.6 Å². The summed E-state index contributed by atoms with van der Waals surface area (Å²) in [4.78, 5) is 0. The van der Waals surface area contributed by atoms with Crippen LogP contribution in [0.5, 0.6) is 0 Å². The van der Waals surface area contributed by atoms with Crippen molar-refractivity contribution in [2.45, 2.75) is 130 Å². The second kappa shape index (κ2) is 21.3. The van der Waals surface area contributed by atoms with Gasteiger partial charge in [0.1, 0.15) is 6.54 Å². The van der Waals surface area contributed by atoms with E-state index in [2.05, 4.69) is 51.1 Å². The molecule has 0 saturated carbocycles. The molecule has 0 aliphatic carbocycles. The lowest BCUT2D eigenvalue weighted by Gasteiger charge is -2.37. The van der Waals surface area contributed by atoms with Crippen LogP contribution in [0.25, 0.3) is 0 Å². The first kappa shape index (κ1) is 30.5. The highest BCUT2D eigenvalue weighted by Crippen LogP contribution is 2.18. The number of quaternary nitrogens is 1. The molecule has 0 atom stereocenters. The summed E-state index contributed by atoms with van der Waals surface area (Å²) in [7, 11) is 0. The number of unbranched alkanes of at least 4 members (excludes halogenated alkanes) is 15. The average Bonchev–Trinajstić information content (AvgIpc) is 2.78. The predicted molar refractivity (Wildman–Crippen MR) is 136 cm³/mol. The first-order chi connectivity index (χ1) is 14.8. The van der Waals surface area contributed by atoms with Crippen LogP contribution < -0.4 is 12.4 Å². The highest BCUT2D eigenvalue weighted by molar-refractivity contribution is 5.13. The van der Waals surface area contributed by atoms with E-state index in [4.69, 9.17) is 0 Å². The molecular weight excluding hydrogens is 398 g/mol. The molecule has 0 heterocycles. The zero-order chi connectivity index (χ0) is 21.8. The predicted octanol–water partition coefficient (Wildman–Crippen LogP) is 6.31. The fourth-order valence-corrected chi connectivity index (χ4v) is 4.81. The molecule has 0 bridgehead atoms. The third-order valence-corrected chi connectivity index (χ3v) is 7.19. The van der Waals surface area contributed by atoms with Crippen molar-refractivity contribution in [1.29, 1.82) is 0 Å². The van der Waals surface area contributed by atoms with Crippen molar-refractivity contribution >= 4 is 0 Å². The number of halogens is 1. The maximum absolute atomic E-state index is 2.37. The Balaban J connectivity index is 0.00000900. The van der Waals surface area contributed by atoms with Gasteiger partial charge in [0.25, 0.3) is 0 Å². The van der Waals surface area contributed by atoms with Crippen molar-refractivity contribution in [3.05, 3.63) is 35.9 Å². The van der Waals surface area contributed by atoms with Crippen LogP contribution in [-0.4, -0.2) is 24.1 Å². The largest absolute Gasteiger partial charge is 1.00 e. The summed E-state index contributed by atoms with van der Waals surface area (Å²) in [5.74, 6) is 0. The summed E-state index contributed by atoms with van der Waals surface area (Å²) in [5, 5.41) is 0. The molecule has 2 heteroatoms. The van der Waals surface area contributed by atoms with Crippen molar-refractivity contribution in [3.8, 4) is 0 Å². The second-order valence-electron chi connectivity index (χ2n) is 9.64. The minimum absolute atomic E-state index is 0. The molecule has 0 aromatic heterocycles. The SMILES string of the molecule is CCCCCCCCCCCCCCCCCC[N+](CC)(CC)Cc1ccccc1.[Cl-]. The summed E-state index contributed by atoms with van der Waals surface area (Å²) in [5.41, 5.74) is 1.50. The summed E-state index contributed by atoms with van der Waals surface area (Å²) in [6, 6.07) is 11.1. The number of hydrogen-bond donors (Lipinski definition) is 0. The van der Waals surface area contributed by atoms with Crippen LogP contribution in [0, 0.1) is 0 Å². The molecule has 0 N–H and O–H groups in total. The molecule has 0 fully saturated rings. The molecule has 0 spiro atoms. The first-order valence-electron chi connectivity index (χ1n) is 13.7. The molecular formula is C29H54ClN. The van der Waals surface area contributed by atoms with Crippen molar-refractivity contribution in [3.63, 3.8) is 0 Å². The number of hydrogen-bond acceptors (Lipinski definition) is 0. The molecule has 1 nitrogen and oxygen atoms in total. The Bertz CT molecular complexity index is 469. The van der Waals surface area contributed by atoms with Crippen LogP contribution in [0.1, 0.15) is 129 Å². The van der Waals surface area contributed by atoms with Crippen molar-refractivity contribution in [1.82, 2.24) is 0 Å². The molecule has 31 heavy (non-hydrogen) atoms. The smallest absolute Gasteiger partial charge is 0.104 e. The minimum atomic E-state index is 0. The summed E-state index contributed by atoms with van der Waals surface area (Å²) in [6.45, 7) is 12.1. The van der Waals surface area contributed by atoms with Gasteiger partial charge in [-0.1, -0.05) is 127 Å². The zero-order valence-electron chi connectivity index (χ0n) is 21.4. The molecule has 1 aromatic carbocycles. The Morgan fingerprint density at radius 1 is 0.516 bits per heavy atom. The monoisotopic (exact) mass is 451 g/mol. The fraction of sp³-hybridized carbons (Fsp3) is 0.793. The standard InChI is InChI=1S/C29H54N.ClH/c1-4-7-8-9-10-11-12-13-14-15-16-17-18-19-20-24-27-30(5-2,6-3)28-29-25-22-21-23-26-29;/h21-23,25-26H,4-20,24,27-28H2,1-3H3;1H/q+1;/p-1. The van der Waals surface area contributed by atoms with Crippen LogP contribution >= 0.6 is 0 Å². The zero-order valence-corrected chi connectivity index (χ0v) is 22.1. The van der Waals surface area contributed by atoms with E-state index in [-0.39, 0.29) is 12.4 Å². The summed E-state index contributed by atoms with van der Waals surface area (Å²) < 4.78 is 1.25. The van der Waals surface area contributed by atoms with E-state index < -0.39 is 0 Å². The van der Waals surface area contributed by atoms with E-state index in [9.17, 15) is 0 Å². The normalized spacial score (nSPS) is 11.5. The quantitative estimate of drug-likeness (QED) is 0.152. The molecule has 1 rings (SSSR count). The summed E-state index contributed by atoms with van der Waals surface area (Å²) >= 11 is 0. The van der Waals surface area contributed by atoms with Gasteiger partial charge in [0.2, 0.25) is 0 Å². The van der Waals surface area contributed by atoms with Crippen LogP contribution in [0.15, 0.2) is 30.3 Å². The maximum Gasteiger partial charge on any atom is 0.104 e. The van der Waals surface area contributed by atoms with Crippen LogP contribution in [0.4, 0.5) is 0 Å². The van der Waals surface area contributed by atoms with E-state index in [0.717, 1.165) is 0 Å². The van der Waals surface area contributed by atoms with Gasteiger partial charge in [-0.25, -0.2) is 0 Å². The van der Waals surface area contributed by atoms with E-state index in [1.165, 1.54) is 139 Å². The molecule has 0 aliphatic heterocycles. The van der Waals surface area contributed by atoms with Crippen LogP contribution in [0.2, 0.25) is 0 Å². The molecule has 0 radical (unpaired) electrons. The second-order valence-corrected chi connectivity index (χ2v) is 9.64. The number of nitrogens with zero attached hydrogens (tertiary/aromatic N) is 1. The highest BCUT2D eigenvalue weighted by atomic mass is 35.5. The van der Waals surface area contributed by atoms with E-state index in [0.29, 0.717) is 0 Å². The van der Waals surface area contributed by atoms with Gasteiger partial charge in [0, 0.05) is 5.56 Å². The van der Waals surface area contributed by atoms with E-state index in [1.807, 2.05) is 0 Å². The third-order valence-electron chi connectivity index (χ3n) is 7.19. The van der Waals surface area contributed by atoms with E-state index >= 15 is 0 Å². The topological polar surface area (TPSA) is 0 Å². The number of benzene rings is 1. The Morgan fingerprint density at radius 3 is 1.29 bits per heavy atom. The first-order valence-corrected chi connectivity index (χ1v) is 13.7. The van der Waals surface area contributed by atoms with Crippen molar-refractivity contribution in [2.24, 2.45) is 0 Å². The molecule has 0 aliphatic rings. The molecule has 0 amide bonds. The van der Waals surface area contributed by atoms with Gasteiger partial charge in [-0.2, -0.15) is 0 Å². The van der Waals surface area contributed by atoms with Gasteiger partial charge < -0.3 is 16.9 Å². The fourth-order valence-electron chi connectivity index (χ4n) is 4.81. The summed E-state index contributed by atoms with van der Waals surface area (Å²) in [6.07, 6.45) is 23.2. The van der Waals surface area contributed by atoms with Gasteiger partial charge >= 0.3 is 0 Å². The molecule has 0 unspecified atom stereocenters. The third kappa shape index (κ3) is 15.8. The van der Waals surface area contributed by atoms with Crippen molar-refractivity contribution in [2.75, 3.05) is 19.6 Å². The van der Waals surface area contributed by atoms with Crippen LogP contribution in [-0.2, 0) is 6.54 Å². The van der Waals surface area contributed by atoms with E-state index in [1.54, 1.807) is 0 Å².